The fraction of sp³-hybridized carbons (Fsp3) is 0. The molecule has 0 saturated carbocycles. The van der Waals surface area contributed by atoms with Crippen molar-refractivity contribution in [2.24, 2.45) is 0 Å². The normalized spacial score (nSPS) is 18.1. The summed E-state index contributed by atoms with van der Waals surface area (Å²) in [4.78, 5) is 0. The maximum absolute atomic E-state index is 9.80. The lowest BCUT2D eigenvalue weighted by atomic mass is 9.81. The highest BCUT2D eigenvalue weighted by atomic mass is 14.2. The van der Waals surface area contributed by atoms with E-state index < -0.39 is 126 Å². The Kier molecular flexibility index (Phi) is 2.45. The largest absolute Gasteiger partial charge is 0.0630 e. The highest BCUT2D eigenvalue weighted by molar-refractivity contribution is 6.32. The van der Waals surface area contributed by atoms with Gasteiger partial charge in [0.15, 0.2) is 0 Å². The molecule has 10 aromatic rings. The highest BCUT2D eigenvalue weighted by Gasteiger charge is 2.21. The third kappa shape index (κ3) is 3.17. The molecule has 0 N–H and O–H groups in total. The fourth-order valence-electron chi connectivity index (χ4n) is 6.49. The van der Waals surface area contributed by atoms with Crippen molar-refractivity contribution in [3.8, 4) is 22.3 Å². The molecular formula is C44H26. The van der Waals surface area contributed by atoms with Crippen LogP contribution in [0.5, 0.6) is 0 Å². The molecule has 0 nitrogen and oxygen atoms in total. The van der Waals surface area contributed by atoms with Crippen LogP contribution < -0.4 is 0 Å². The molecule has 0 aliphatic heterocycles. The van der Waals surface area contributed by atoms with Crippen molar-refractivity contribution in [2.45, 2.75) is 0 Å². The Labute approximate surface area is 281 Å². The van der Waals surface area contributed by atoms with Crippen molar-refractivity contribution in [3.05, 3.63) is 157 Å². The topological polar surface area (TPSA) is 0 Å². The second-order valence-electron chi connectivity index (χ2n) is 10.5. The van der Waals surface area contributed by atoms with Gasteiger partial charge in [0.1, 0.15) is 0 Å². The zero-order valence-electron chi connectivity index (χ0n) is 41.5. The van der Waals surface area contributed by atoms with Crippen LogP contribution in [0, 0.1) is 0 Å². The summed E-state index contributed by atoms with van der Waals surface area (Å²) < 4.78 is 174. The first-order valence-electron chi connectivity index (χ1n) is 23.3. The molecule has 0 unspecified atom stereocenters. The second kappa shape index (κ2) is 8.89. The van der Waals surface area contributed by atoms with E-state index in [9.17, 15) is 12.3 Å². The summed E-state index contributed by atoms with van der Waals surface area (Å²) in [6.07, 6.45) is 0. The number of benzene rings is 10. The zero-order chi connectivity index (χ0) is 45.3. The van der Waals surface area contributed by atoms with Crippen LogP contribution in [-0.4, -0.2) is 0 Å². The summed E-state index contributed by atoms with van der Waals surface area (Å²) in [5.74, 6) is 0. The van der Waals surface area contributed by atoms with Crippen molar-refractivity contribution in [1.29, 1.82) is 0 Å². The SMILES string of the molecule is [2H]c1c([2H])c([2H])c2c(-c3cccc4ccccc34)c3c(c([2H])c([2H])c4c([2H])c([2H])c([2H])c([2H])c43)c(-c3c([2H])c([2H])c4c([2H])c([2H])c5c([2H])c([2H])c([2H])c6c([2H])c([2H])c3c4c56)c2c1[2H]. The fourth-order valence-corrected chi connectivity index (χ4v) is 6.49. The van der Waals surface area contributed by atoms with Gasteiger partial charge in [-0.05, 0) is 97.7 Å². The molecule has 0 bridgehead atoms. The third-order valence-electron chi connectivity index (χ3n) is 8.31. The van der Waals surface area contributed by atoms with Gasteiger partial charge in [-0.25, -0.2) is 0 Å². The molecule has 0 fully saturated rings. The van der Waals surface area contributed by atoms with E-state index in [1.807, 2.05) is 0 Å². The van der Waals surface area contributed by atoms with Gasteiger partial charge in [0.2, 0.25) is 0 Å². The highest BCUT2D eigenvalue weighted by Crippen LogP contribution is 2.49. The Morgan fingerprint density at radius 2 is 0.909 bits per heavy atom. The molecule has 0 spiro atoms. The Bertz CT molecular complexity index is 3810. The lowest BCUT2D eigenvalue weighted by Crippen LogP contribution is -1.94. The summed E-state index contributed by atoms with van der Waals surface area (Å²) in [7, 11) is 0. The molecule has 0 saturated heterocycles. The van der Waals surface area contributed by atoms with Crippen molar-refractivity contribution in [1.82, 2.24) is 0 Å². The number of rotatable bonds is 2. The molecule has 0 radical (unpaired) electrons. The molecular weight excluding hydrogens is 528 g/mol. The summed E-state index contributed by atoms with van der Waals surface area (Å²) in [6, 6.07) is -0.783. The van der Waals surface area contributed by atoms with Gasteiger partial charge in [0, 0.05) is 0 Å². The monoisotopic (exact) mass is 573 g/mol. The summed E-state index contributed by atoms with van der Waals surface area (Å²) in [5.41, 5.74) is -0.533. The first-order chi connectivity index (χ1) is 29.8. The average molecular weight is 574 g/mol. The zero-order valence-corrected chi connectivity index (χ0v) is 22.5. The van der Waals surface area contributed by atoms with Crippen LogP contribution in [-0.2, 0) is 0 Å². The predicted octanol–water partition coefficient (Wildman–Crippen LogP) is 12.5. The van der Waals surface area contributed by atoms with Gasteiger partial charge in [-0.3, -0.25) is 0 Å². The molecule has 0 aliphatic rings. The lowest BCUT2D eigenvalue weighted by Gasteiger charge is -2.21. The van der Waals surface area contributed by atoms with Crippen LogP contribution in [0.25, 0.3) is 97.7 Å². The first-order valence-corrected chi connectivity index (χ1v) is 13.8. The lowest BCUT2D eigenvalue weighted by molar-refractivity contribution is 1.70. The van der Waals surface area contributed by atoms with Crippen LogP contribution in [0.4, 0.5) is 0 Å². The Morgan fingerprint density at radius 3 is 1.77 bits per heavy atom. The van der Waals surface area contributed by atoms with Crippen LogP contribution >= 0.6 is 0 Å². The van der Waals surface area contributed by atoms with Gasteiger partial charge in [0.25, 0.3) is 0 Å². The number of hydrogen-bond acceptors (Lipinski definition) is 0. The van der Waals surface area contributed by atoms with Gasteiger partial charge in [-0.15, -0.1) is 0 Å². The van der Waals surface area contributed by atoms with Gasteiger partial charge < -0.3 is 0 Å². The van der Waals surface area contributed by atoms with E-state index in [2.05, 4.69) is 0 Å². The van der Waals surface area contributed by atoms with Gasteiger partial charge >= 0.3 is 0 Å². The molecule has 0 amide bonds. The summed E-state index contributed by atoms with van der Waals surface area (Å²) in [6.45, 7) is 0. The molecule has 10 rings (SSSR count). The van der Waals surface area contributed by atoms with Crippen molar-refractivity contribution in [3.63, 3.8) is 0 Å². The standard InChI is InChI=1S/C44H26/c1-3-14-32-27(9-1)11-8-18-34(32)44-36-17-6-5-16-35(36)42(39-26-21-28-10-2-4-15-33(28)43(39)44)38-25-23-31-20-19-29-12-7-13-30-22-24-37(38)41(31)40(29)30/h1-26H/i2D,4D,5D,6D,7D,10D,12D,13D,15D,16D,17D,19D,20D,21D,22D,23D,24D,25D,26D. The van der Waals surface area contributed by atoms with Gasteiger partial charge in [-0.2, -0.15) is 0 Å². The Balaban J connectivity index is 1.65. The van der Waals surface area contributed by atoms with E-state index in [-0.39, 0.29) is 70.2 Å². The molecule has 0 atom stereocenters. The summed E-state index contributed by atoms with van der Waals surface area (Å²) in [5, 5.41) is -2.29. The van der Waals surface area contributed by atoms with Crippen LogP contribution in [0.2, 0.25) is 0 Å². The number of hydrogen-bond donors (Lipinski definition) is 0. The van der Waals surface area contributed by atoms with E-state index in [1.54, 1.807) is 42.5 Å². The summed E-state index contributed by atoms with van der Waals surface area (Å²) >= 11 is 0. The van der Waals surface area contributed by atoms with Crippen molar-refractivity contribution < 1.29 is 26.0 Å². The molecule has 0 aliphatic carbocycles. The van der Waals surface area contributed by atoms with E-state index in [4.69, 9.17) is 13.7 Å². The molecule has 0 heteroatoms. The molecule has 0 aromatic heterocycles. The Morgan fingerprint density at radius 1 is 0.295 bits per heavy atom. The number of fused-ring (bicyclic) bond motifs is 5. The molecule has 0 heterocycles. The van der Waals surface area contributed by atoms with E-state index >= 15 is 0 Å². The molecule has 44 heavy (non-hydrogen) atoms. The minimum atomic E-state index is -0.769. The maximum Gasteiger partial charge on any atom is 0.0630 e. The molecule has 202 valence electrons. The third-order valence-corrected chi connectivity index (χ3v) is 8.31. The van der Waals surface area contributed by atoms with Gasteiger partial charge in [-0.1, -0.05) is 157 Å². The van der Waals surface area contributed by atoms with E-state index in [0.29, 0.717) is 16.3 Å². The predicted molar refractivity (Wildman–Crippen MR) is 191 cm³/mol. The van der Waals surface area contributed by atoms with Crippen LogP contribution in [0.1, 0.15) is 26.0 Å². The Hall–Kier alpha value is -5.72. The quantitative estimate of drug-likeness (QED) is 0.142. The van der Waals surface area contributed by atoms with E-state index in [1.165, 1.54) is 0 Å². The van der Waals surface area contributed by atoms with Gasteiger partial charge in [0.05, 0.1) is 26.0 Å². The van der Waals surface area contributed by atoms with Crippen LogP contribution in [0.15, 0.2) is 157 Å². The van der Waals surface area contributed by atoms with Crippen LogP contribution in [0.3, 0.4) is 0 Å². The average Bonchev–Trinajstić information content (AvgIpc) is 3.27. The minimum absolute atomic E-state index is 0.00617. The van der Waals surface area contributed by atoms with E-state index in [0.717, 1.165) is 0 Å². The van der Waals surface area contributed by atoms with Crippen molar-refractivity contribution >= 4 is 75.4 Å². The minimum Gasteiger partial charge on any atom is -0.0616 e. The molecule has 10 aromatic carbocycles. The van der Waals surface area contributed by atoms with Crippen molar-refractivity contribution in [2.75, 3.05) is 0 Å². The first kappa shape index (κ1) is 12.1. The smallest absolute Gasteiger partial charge is 0.0616 e. The second-order valence-corrected chi connectivity index (χ2v) is 10.5. The maximum atomic E-state index is 9.80.